The summed E-state index contributed by atoms with van der Waals surface area (Å²) in [6.07, 6.45) is 1.75. The minimum atomic E-state index is -2.89. The van der Waals surface area contributed by atoms with E-state index in [4.69, 9.17) is 11.6 Å². The molecule has 2 amide bonds. The van der Waals surface area contributed by atoms with Gasteiger partial charge in [-0.25, -0.2) is 23.1 Å². The summed E-state index contributed by atoms with van der Waals surface area (Å²) in [5.74, 6) is -5.17. The Kier molecular flexibility index (Phi) is 7.94. The van der Waals surface area contributed by atoms with Crippen molar-refractivity contribution >= 4 is 35.1 Å². The Balaban J connectivity index is 1.77. The zero-order valence-corrected chi connectivity index (χ0v) is 20.1. The first-order chi connectivity index (χ1) is 17.7. The van der Waals surface area contributed by atoms with Crippen molar-refractivity contribution < 1.29 is 27.9 Å². The molecule has 0 bridgehead atoms. The molecule has 0 radical (unpaired) electrons. The number of aliphatic hydroxyl groups is 1. The molecule has 0 aliphatic heterocycles. The van der Waals surface area contributed by atoms with E-state index in [1.807, 2.05) is 0 Å². The third-order valence-electron chi connectivity index (χ3n) is 5.82. The molecule has 2 aromatic carbocycles. The fraction of sp³-hybridized carbons (Fsp3) is 0.280. The maximum atomic E-state index is 14.3. The number of anilines is 2. The van der Waals surface area contributed by atoms with Gasteiger partial charge in [-0.1, -0.05) is 35.9 Å². The summed E-state index contributed by atoms with van der Waals surface area (Å²) in [6, 6.07) is 9.08. The predicted molar refractivity (Wildman–Crippen MR) is 131 cm³/mol. The molecule has 1 saturated carbocycles. The number of carbonyl (C=O) groups is 2. The number of carbonyl (C=O) groups excluding carboxylic acids is 2. The fourth-order valence-electron chi connectivity index (χ4n) is 4.05. The molecule has 0 saturated heterocycles. The quantitative estimate of drug-likeness (QED) is 0.387. The van der Waals surface area contributed by atoms with Crippen molar-refractivity contribution in [3.05, 3.63) is 83.4 Å². The molecule has 3 aromatic rings. The molecule has 1 fully saturated rings. The molecule has 1 aliphatic carbocycles. The van der Waals surface area contributed by atoms with Gasteiger partial charge in [0.05, 0.1) is 6.61 Å². The Morgan fingerprint density at radius 2 is 1.81 bits per heavy atom. The average molecular weight is 534 g/mol. The predicted octanol–water partition coefficient (Wildman–Crippen LogP) is 3.73. The number of halogens is 4. The molecule has 194 valence electrons. The third kappa shape index (κ3) is 6.17. The van der Waals surface area contributed by atoms with Crippen LogP contribution < -0.4 is 15.5 Å². The summed E-state index contributed by atoms with van der Waals surface area (Å²) in [6.45, 7) is -0.728. The van der Waals surface area contributed by atoms with Crippen molar-refractivity contribution in [1.29, 1.82) is 0 Å². The molecule has 4 rings (SSSR count). The fourth-order valence-corrected chi connectivity index (χ4v) is 4.29. The van der Waals surface area contributed by atoms with Gasteiger partial charge in [-0.05, 0) is 30.3 Å². The first-order valence-electron chi connectivity index (χ1n) is 11.3. The zero-order valence-electron chi connectivity index (χ0n) is 19.3. The first kappa shape index (κ1) is 26.4. The second-order valence-corrected chi connectivity index (χ2v) is 8.94. The highest BCUT2D eigenvalue weighted by atomic mass is 35.5. The topological polar surface area (TPSA) is 107 Å². The molecular formula is C25H23ClF3N5O3. The van der Waals surface area contributed by atoms with Crippen LogP contribution in [0.3, 0.4) is 0 Å². The standard InChI is InChI=1S/C25H23ClF3N5O3/c26-19-8-2-1-7-18(19)21(22(36)32-16-12-25(28,29)13-16)34(17-6-3-5-15(27)11-17)23(37)20(14-35)33-24-30-9-4-10-31-24/h1-11,16,20-21,35H,12-14H2,(H,32,36)(H,30,31,33)/t20-,21+/m0/s1. The highest BCUT2D eigenvalue weighted by Gasteiger charge is 2.47. The number of aliphatic hydroxyl groups excluding tert-OH is 1. The second-order valence-electron chi connectivity index (χ2n) is 8.53. The number of nitrogens with one attached hydrogen (secondary N) is 2. The number of benzene rings is 2. The molecule has 1 aliphatic rings. The van der Waals surface area contributed by atoms with Crippen molar-refractivity contribution in [2.45, 2.75) is 36.9 Å². The highest BCUT2D eigenvalue weighted by Crippen LogP contribution is 2.39. The third-order valence-corrected chi connectivity index (χ3v) is 6.16. The van der Waals surface area contributed by atoms with Crippen LogP contribution in [0.15, 0.2) is 67.0 Å². The highest BCUT2D eigenvalue weighted by molar-refractivity contribution is 6.31. The molecule has 8 nitrogen and oxygen atoms in total. The van der Waals surface area contributed by atoms with Crippen molar-refractivity contribution in [3.8, 4) is 0 Å². The van der Waals surface area contributed by atoms with Crippen LogP contribution in [-0.2, 0) is 9.59 Å². The molecule has 1 aromatic heterocycles. The molecule has 12 heteroatoms. The summed E-state index contributed by atoms with van der Waals surface area (Å²) in [5, 5.41) is 15.4. The Morgan fingerprint density at radius 1 is 1.11 bits per heavy atom. The van der Waals surface area contributed by atoms with Crippen molar-refractivity contribution in [3.63, 3.8) is 0 Å². The van der Waals surface area contributed by atoms with E-state index in [1.165, 1.54) is 36.7 Å². The van der Waals surface area contributed by atoms with Crippen LogP contribution in [0, 0.1) is 5.82 Å². The van der Waals surface area contributed by atoms with Crippen molar-refractivity contribution in [2.24, 2.45) is 0 Å². The monoisotopic (exact) mass is 533 g/mol. The van der Waals surface area contributed by atoms with E-state index < -0.39 is 61.1 Å². The minimum absolute atomic E-state index is 0.0155. The SMILES string of the molecule is O=C(NC1CC(F)(F)C1)[C@@H](c1ccccc1Cl)N(C(=O)[C@H](CO)Nc1ncccn1)c1cccc(F)c1. The lowest BCUT2D eigenvalue weighted by atomic mass is 9.87. The number of alkyl halides is 2. The lowest BCUT2D eigenvalue weighted by Crippen LogP contribution is -2.55. The van der Waals surface area contributed by atoms with Crippen LogP contribution in [0.1, 0.15) is 24.4 Å². The van der Waals surface area contributed by atoms with Gasteiger partial charge >= 0.3 is 0 Å². The van der Waals surface area contributed by atoms with E-state index in [1.54, 1.807) is 18.2 Å². The summed E-state index contributed by atoms with van der Waals surface area (Å²) >= 11 is 6.41. The summed E-state index contributed by atoms with van der Waals surface area (Å²) in [4.78, 5) is 36.4. The van der Waals surface area contributed by atoms with Crippen molar-refractivity contribution in [2.75, 3.05) is 16.8 Å². The summed E-state index contributed by atoms with van der Waals surface area (Å²) in [5.41, 5.74) is 0.163. The Labute approximate surface area is 215 Å². The van der Waals surface area contributed by atoms with Gasteiger partial charge in [0.2, 0.25) is 11.9 Å². The summed E-state index contributed by atoms with van der Waals surface area (Å²) in [7, 11) is 0. The Bertz CT molecular complexity index is 1260. The van der Waals surface area contributed by atoms with Crippen LogP contribution in [0.25, 0.3) is 0 Å². The van der Waals surface area contributed by atoms with Gasteiger partial charge in [-0.3, -0.25) is 14.5 Å². The van der Waals surface area contributed by atoms with Gasteiger partial charge in [0.25, 0.3) is 11.8 Å². The maximum absolute atomic E-state index is 14.3. The van der Waals surface area contributed by atoms with Crippen molar-refractivity contribution in [1.82, 2.24) is 15.3 Å². The Hall–Kier alpha value is -3.70. The van der Waals surface area contributed by atoms with Gasteiger partial charge in [0.1, 0.15) is 17.9 Å². The number of amides is 2. The first-order valence-corrected chi connectivity index (χ1v) is 11.7. The van der Waals surface area contributed by atoms with E-state index >= 15 is 0 Å². The second kappa shape index (κ2) is 11.1. The normalized spacial score (nSPS) is 16.2. The maximum Gasteiger partial charge on any atom is 0.252 e. The number of aromatic nitrogens is 2. The number of hydrogen-bond acceptors (Lipinski definition) is 6. The van der Waals surface area contributed by atoms with Crippen LogP contribution in [-0.4, -0.2) is 51.5 Å². The van der Waals surface area contributed by atoms with Crippen LogP contribution in [0.2, 0.25) is 5.02 Å². The molecule has 0 spiro atoms. The van der Waals surface area contributed by atoms with Gasteiger partial charge in [0, 0.05) is 47.6 Å². The number of hydrogen-bond donors (Lipinski definition) is 3. The van der Waals surface area contributed by atoms with Gasteiger partial charge in [-0.2, -0.15) is 0 Å². The number of rotatable bonds is 9. The largest absolute Gasteiger partial charge is 0.394 e. The van der Waals surface area contributed by atoms with Crippen LogP contribution in [0.4, 0.5) is 24.8 Å². The molecule has 2 atom stereocenters. The molecule has 1 heterocycles. The van der Waals surface area contributed by atoms with Gasteiger partial charge < -0.3 is 15.7 Å². The molecular weight excluding hydrogens is 511 g/mol. The van der Waals surface area contributed by atoms with Gasteiger partial charge in [0.15, 0.2) is 0 Å². The summed E-state index contributed by atoms with van der Waals surface area (Å²) < 4.78 is 41.2. The van der Waals surface area contributed by atoms with Gasteiger partial charge in [-0.15, -0.1) is 0 Å². The number of nitrogens with zero attached hydrogens (tertiary/aromatic N) is 3. The van der Waals surface area contributed by atoms with E-state index in [0.717, 1.165) is 17.0 Å². The smallest absolute Gasteiger partial charge is 0.252 e. The minimum Gasteiger partial charge on any atom is -0.394 e. The lowest BCUT2D eigenvalue weighted by molar-refractivity contribution is -0.133. The molecule has 0 unspecified atom stereocenters. The van der Waals surface area contributed by atoms with E-state index in [2.05, 4.69) is 20.6 Å². The van der Waals surface area contributed by atoms with E-state index in [9.17, 15) is 27.9 Å². The Morgan fingerprint density at radius 3 is 2.43 bits per heavy atom. The van der Waals surface area contributed by atoms with Crippen LogP contribution in [0.5, 0.6) is 0 Å². The zero-order chi connectivity index (χ0) is 26.6. The van der Waals surface area contributed by atoms with E-state index in [0.29, 0.717) is 0 Å². The average Bonchev–Trinajstić information content (AvgIpc) is 2.85. The van der Waals surface area contributed by atoms with Crippen LogP contribution >= 0.6 is 11.6 Å². The molecule has 37 heavy (non-hydrogen) atoms. The van der Waals surface area contributed by atoms with E-state index in [-0.39, 0.29) is 22.2 Å². The molecule has 3 N–H and O–H groups in total. The lowest BCUT2D eigenvalue weighted by Gasteiger charge is -2.39.